The number of nitro groups is 1. The van der Waals surface area contributed by atoms with E-state index in [9.17, 15) is 19.3 Å². The summed E-state index contributed by atoms with van der Waals surface area (Å²) in [5, 5.41) is 11.3. The molecule has 3 aromatic rings. The van der Waals surface area contributed by atoms with Gasteiger partial charge in [-0.25, -0.2) is 14.2 Å². The third-order valence-corrected chi connectivity index (χ3v) is 4.09. The Hall–Kier alpha value is -3.95. The zero-order valence-electron chi connectivity index (χ0n) is 14.8. The quantitative estimate of drug-likeness (QED) is 0.363. The molecule has 10 heteroatoms. The molecule has 0 saturated heterocycles. The number of rotatable bonds is 5. The molecule has 1 aliphatic rings. The summed E-state index contributed by atoms with van der Waals surface area (Å²) in [4.78, 5) is 27.0. The Morgan fingerprint density at radius 1 is 1.17 bits per heavy atom. The Labute approximate surface area is 162 Å². The smallest absolute Gasteiger partial charge is 0.345 e. The SMILES string of the molecule is O=C(OCc1ncc(-c2ccc(F)cc2)o1)c1cc2c(cc1[N+](=O)[O-])OCCO2. The maximum atomic E-state index is 13.0. The highest BCUT2D eigenvalue weighted by Gasteiger charge is 2.27. The fraction of sp³-hybridized carbons (Fsp3) is 0.158. The minimum absolute atomic E-state index is 0.0814. The molecule has 2 heterocycles. The number of oxazole rings is 1. The van der Waals surface area contributed by atoms with Gasteiger partial charge in [0.25, 0.3) is 5.69 Å². The topological polar surface area (TPSA) is 114 Å². The first kappa shape index (κ1) is 18.4. The monoisotopic (exact) mass is 400 g/mol. The number of benzene rings is 2. The predicted octanol–water partition coefficient (Wildman–Crippen LogP) is 3.52. The highest BCUT2D eigenvalue weighted by atomic mass is 19.1. The molecule has 0 aliphatic carbocycles. The average molecular weight is 400 g/mol. The lowest BCUT2D eigenvalue weighted by atomic mass is 10.1. The second-order valence-corrected chi connectivity index (χ2v) is 5.97. The number of fused-ring (bicyclic) bond motifs is 1. The van der Waals surface area contributed by atoms with Crippen molar-refractivity contribution in [1.29, 1.82) is 0 Å². The van der Waals surface area contributed by atoms with Gasteiger partial charge in [-0.15, -0.1) is 0 Å². The van der Waals surface area contributed by atoms with Crippen LogP contribution in [0, 0.1) is 15.9 Å². The maximum Gasteiger partial charge on any atom is 0.345 e. The van der Waals surface area contributed by atoms with Crippen molar-refractivity contribution < 1.29 is 32.7 Å². The van der Waals surface area contributed by atoms with Crippen LogP contribution in [0.3, 0.4) is 0 Å². The molecule has 0 radical (unpaired) electrons. The van der Waals surface area contributed by atoms with Crippen molar-refractivity contribution in [2.24, 2.45) is 0 Å². The van der Waals surface area contributed by atoms with E-state index in [1.54, 1.807) is 0 Å². The normalized spacial score (nSPS) is 12.4. The predicted molar refractivity (Wildman–Crippen MR) is 95.1 cm³/mol. The molecule has 0 saturated carbocycles. The summed E-state index contributed by atoms with van der Waals surface area (Å²) in [7, 11) is 0. The lowest BCUT2D eigenvalue weighted by Gasteiger charge is -2.18. The summed E-state index contributed by atoms with van der Waals surface area (Å²) >= 11 is 0. The zero-order chi connectivity index (χ0) is 20.4. The molecule has 9 nitrogen and oxygen atoms in total. The number of hydrogen-bond donors (Lipinski definition) is 0. The van der Waals surface area contributed by atoms with E-state index < -0.39 is 16.6 Å². The molecular formula is C19H13FN2O7. The summed E-state index contributed by atoms with van der Waals surface area (Å²) < 4.78 is 34.2. The van der Waals surface area contributed by atoms with Gasteiger partial charge >= 0.3 is 5.97 Å². The highest BCUT2D eigenvalue weighted by molar-refractivity contribution is 5.95. The molecule has 4 rings (SSSR count). The van der Waals surface area contributed by atoms with E-state index in [0.29, 0.717) is 11.3 Å². The van der Waals surface area contributed by atoms with Crippen LogP contribution in [0.25, 0.3) is 11.3 Å². The maximum absolute atomic E-state index is 13.0. The van der Waals surface area contributed by atoms with Gasteiger partial charge in [-0.05, 0) is 24.3 Å². The fourth-order valence-electron chi connectivity index (χ4n) is 2.72. The number of nitrogens with zero attached hydrogens (tertiary/aromatic N) is 2. The van der Waals surface area contributed by atoms with Gasteiger partial charge < -0.3 is 18.6 Å². The van der Waals surface area contributed by atoms with Crippen LogP contribution in [-0.2, 0) is 11.3 Å². The number of carbonyl (C=O) groups is 1. The molecule has 0 fully saturated rings. The highest BCUT2D eigenvalue weighted by Crippen LogP contribution is 2.37. The molecule has 1 aliphatic heterocycles. The molecule has 1 aromatic heterocycles. The summed E-state index contributed by atoms with van der Waals surface area (Å²) in [6, 6.07) is 7.93. The van der Waals surface area contributed by atoms with E-state index in [4.69, 9.17) is 18.6 Å². The fourth-order valence-corrected chi connectivity index (χ4v) is 2.72. The third kappa shape index (κ3) is 3.86. The minimum Gasteiger partial charge on any atom is -0.486 e. The number of hydrogen-bond acceptors (Lipinski definition) is 8. The van der Waals surface area contributed by atoms with Gasteiger partial charge in [-0.3, -0.25) is 10.1 Å². The van der Waals surface area contributed by atoms with Crippen LogP contribution in [0.5, 0.6) is 11.5 Å². The van der Waals surface area contributed by atoms with Crippen molar-refractivity contribution in [3.63, 3.8) is 0 Å². The Bertz CT molecular complexity index is 1080. The zero-order valence-corrected chi connectivity index (χ0v) is 14.8. The van der Waals surface area contributed by atoms with Crippen molar-refractivity contribution in [2.45, 2.75) is 6.61 Å². The van der Waals surface area contributed by atoms with Gasteiger partial charge in [0, 0.05) is 11.6 Å². The molecule has 0 atom stereocenters. The first-order chi connectivity index (χ1) is 14.0. The standard InChI is InChI=1S/C19H13FN2O7/c20-12-3-1-11(2-4-12)17-9-21-18(29-17)10-28-19(23)13-7-15-16(27-6-5-26-15)8-14(13)22(24)25/h1-4,7-9H,5-6,10H2. The van der Waals surface area contributed by atoms with E-state index in [1.807, 2.05) is 0 Å². The summed E-state index contributed by atoms with van der Waals surface area (Å²) in [6.07, 6.45) is 1.41. The van der Waals surface area contributed by atoms with Crippen LogP contribution < -0.4 is 9.47 Å². The van der Waals surface area contributed by atoms with Gasteiger partial charge in [-0.2, -0.15) is 0 Å². The minimum atomic E-state index is -0.935. The second-order valence-electron chi connectivity index (χ2n) is 5.97. The number of carbonyl (C=O) groups excluding carboxylic acids is 1. The van der Waals surface area contributed by atoms with Crippen LogP contribution in [0.1, 0.15) is 16.2 Å². The number of nitro benzene ring substituents is 1. The first-order valence-electron chi connectivity index (χ1n) is 8.47. The van der Waals surface area contributed by atoms with E-state index in [0.717, 1.165) is 6.07 Å². The Morgan fingerprint density at radius 2 is 1.86 bits per heavy atom. The summed E-state index contributed by atoms with van der Waals surface area (Å²) in [5.74, 6) is -0.461. The lowest BCUT2D eigenvalue weighted by Crippen LogP contribution is -2.17. The van der Waals surface area contributed by atoms with Crippen molar-refractivity contribution in [3.05, 3.63) is 70.0 Å². The van der Waals surface area contributed by atoms with E-state index >= 15 is 0 Å². The van der Waals surface area contributed by atoms with Crippen LogP contribution in [0.15, 0.2) is 47.0 Å². The second kappa shape index (κ2) is 7.58. The van der Waals surface area contributed by atoms with Crippen molar-refractivity contribution in [3.8, 4) is 22.8 Å². The van der Waals surface area contributed by atoms with Crippen molar-refractivity contribution >= 4 is 11.7 Å². The third-order valence-electron chi connectivity index (χ3n) is 4.09. The van der Waals surface area contributed by atoms with Gasteiger partial charge in [0.15, 0.2) is 23.9 Å². The molecule has 0 amide bonds. The number of halogens is 1. The number of aromatic nitrogens is 1. The average Bonchev–Trinajstić information content (AvgIpc) is 3.20. The van der Waals surface area contributed by atoms with Crippen molar-refractivity contribution in [2.75, 3.05) is 13.2 Å². The molecule has 0 N–H and O–H groups in total. The summed E-state index contributed by atoms with van der Waals surface area (Å²) in [5.41, 5.74) is -0.137. The largest absolute Gasteiger partial charge is 0.486 e. The van der Waals surface area contributed by atoms with E-state index in [-0.39, 0.29) is 48.6 Å². The number of esters is 1. The Balaban J connectivity index is 1.50. The summed E-state index contributed by atoms with van der Waals surface area (Å²) in [6.45, 7) is 0.182. The molecular weight excluding hydrogens is 387 g/mol. The molecule has 2 aromatic carbocycles. The molecule has 29 heavy (non-hydrogen) atoms. The van der Waals surface area contributed by atoms with E-state index in [1.165, 1.54) is 36.5 Å². The van der Waals surface area contributed by atoms with Crippen LogP contribution >= 0.6 is 0 Å². The number of ether oxygens (including phenoxy) is 3. The van der Waals surface area contributed by atoms with Crippen molar-refractivity contribution in [1.82, 2.24) is 4.98 Å². The van der Waals surface area contributed by atoms with E-state index in [2.05, 4.69) is 4.98 Å². The Morgan fingerprint density at radius 3 is 2.55 bits per heavy atom. The van der Waals surface area contributed by atoms with Crippen LogP contribution in [-0.4, -0.2) is 29.1 Å². The lowest BCUT2D eigenvalue weighted by molar-refractivity contribution is -0.385. The van der Waals surface area contributed by atoms with Gasteiger partial charge in [0.2, 0.25) is 5.89 Å². The van der Waals surface area contributed by atoms with Crippen LogP contribution in [0.2, 0.25) is 0 Å². The molecule has 0 spiro atoms. The molecule has 0 bridgehead atoms. The molecule has 148 valence electrons. The first-order valence-corrected chi connectivity index (χ1v) is 8.47. The Kier molecular flexibility index (Phi) is 4.82. The van der Waals surface area contributed by atoms with Gasteiger partial charge in [0.1, 0.15) is 24.6 Å². The van der Waals surface area contributed by atoms with Gasteiger partial charge in [-0.1, -0.05) is 0 Å². The molecule has 0 unspecified atom stereocenters. The van der Waals surface area contributed by atoms with Crippen LogP contribution in [0.4, 0.5) is 10.1 Å². The van der Waals surface area contributed by atoms with Gasteiger partial charge in [0.05, 0.1) is 17.2 Å².